The van der Waals surface area contributed by atoms with Crippen molar-refractivity contribution in [1.29, 1.82) is 0 Å². The van der Waals surface area contributed by atoms with Crippen LogP contribution in [-0.4, -0.2) is 41.1 Å². The SMILES string of the molecule is Cc1cccc(NC(=O)CSc2nnc(NCC3CCCO3)s2)c1C. The van der Waals surface area contributed by atoms with Crippen molar-refractivity contribution in [3.05, 3.63) is 29.3 Å². The summed E-state index contributed by atoms with van der Waals surface area (Å²) in [5.74, 6) is 0.274. The van der Waals surface area contributed by atoms with Gasteiger partial charge in [0.2, 0.25) is 11.0 Å². The molecule has 1 aliphatic heterocycles. The van der Waals surface area contributed by atoms with E-state index in [9.17, 15) is 4.79 Å². The normalized spacial score (nSPS) is 16.8. The molecule has 0 radical (unpaired) electrons. The molecule has 2 aromatic rings. The number of ether oxygens (including phenoxy) is 1. The monoisotopic (exact) mass is 378 g/mol. The molecular weight excluding hydrogens is 356 g/mol. The predicted molar refractivity (Wildman–Crippen MR) is 103 cm³/mol. The van der Waals surface area contributed by atoms with Gasteiger partial charge in [-0.2, -0.15) is 0 Å². The largest absolute Gasteiger partial charge is 0.376 e. The number of benzene rings is 1. The first-order chi connectivity index (χ1) is 12.1. The minimum atomic E-state index is -0.0391. The van der Waals surface area contributed by atoms with Crippen LogP contribution < -0.4 is 10.6 Å². The Bertz CT molecular complexity index is 729. The molecule has 6 nitrogen and oxygen atoms in total. The summed E-state index contributed by atoms with van der Waals surface area (Å²) < 4.78 is 6.35. The van der Waals surface area contributed by atoms with Crippen LogP contribution in [0.4, 0.5) is 10.8 Å². The summed E-state index contributed by atoms with van der Waals surface area (Å²) in [4.78, 5) is 12.1. The highest BCUT2D eigenvalue weighted by atomic mass is 32.2. The van der Waals surface area contributed by atoms with E-state index < -0.39 is 0 Å². The van der Waals surface area contributed by atoms with E-state index >= 15 is 0 Å². The Balaban J connectivity index is 1.45. The van der Waals surface area contributed by atoms with E-state index in [4.69, 9.17) is 4.74 Å². The number of hydrogen-bond acceptors (Lipinski definition) is 7. The van der Waals surface area contributed by atoms with Gasteiger partial charge < -0.3 is 15.4 Å². The number of thioether (sulfide) groups is 1. The molecule has 1 unspecified atom stereocenters. The highest BCUT2D eigenvalue weighted by Crippen LogP contribution is 2.26. The van der Waals surface area contributed by atoms with Crippen molar-refractivity contribution in [2.45, 2.75) is 37.1 Å². The van der Waals surface area contributed by atoms with Crippen LogP contribution >= 0.6 is 23.1 Å². The van der Waals surface area contributed by atoms with Gasteiger partial charge in [0.25, 0.3) is 0 Å². The van der Waals surface area contributed by atoms with Gasteiger partial charge in [0.1, 0.15) is 0 Å². The Kier molecular flexibility index (Phi) is 6.28. The summed E-state index contributed by atoms with van der Waals surface area (Å²) in [6.07, 6.45) is 2.48. The average Bonchev–Trinajstić information content (AvgIpc) is 3.27. The lowest BCUT2D eigenvalue weighted by Crippen LogP contribution is -2.18. The van der Waals surface area contributed by atoms with Gasteiger partial charge >= 0.3 is 0 Å². The molecule has 2 heterocycles. The fraction of sp³-hybridized carbons (Fsp3) is 0.471. The molecule has 134 valence electrons. The second kappa shape index (κ2) is 8.64. The summed E-state index contributed by atoms with van der Waals surface area (Å²) in [6, 6.07) is 5.90. The van der Waals surface area contributed by atoms with Crippen molar-refractivity contribution < 1.29 is 9.53 Å². The molecule has 1 atom stereocenters. The van der Waals surface area contributed by atoms with Crippen molar-refractivity contribution in [2.75, 3.05) is 29.5 Å². The van der Waals surface area contributed by atoms with Crippen molar-refractivity contribution >= 4 is 39.8 Å². The van der Waals surface area contributed by atoms with E-state index in [0.717, 1.165) is 52.3 Å². The smallest absolute Gasteiger partial charge is 0.234 e. The predicted octanol–water partition coefficient (Wildman–Crippen LogP) is 3.48. The lowest BCUT2D eigenvalue weighted by atomic mass is 10.1. The molecule has 1 aromatic heterocycles. The fourth-order valence-corrected chi connectivity index (χ4v) is 4.10. The van der Waals surface area contributed by atoms with Crippen LogP contribution in [0, 0.1) is 13.8 Å². The van der Waals surface area contributed by atoms with Crippen LogP contribution in [0.2, 0.25) is 0 Å². The fourth-order valence-electron chi connectivity index (χ4n) is 2.55. The number of carbonyl (C=O) groups excluding carboxylic acids is 1. The van der Waals surface area contributed by atoms with Crippen LogP contribution in [0.3, 0.4) is 0 Å². The first-order valence-corrected chi connectivity index (χ1v) is 10.1. The lowest BCUT2D eigenvalue weighted by Gasteiger charge is -2.09. The number of nitrogens with one attached hydrogen (secondary N) is 2. The zero-order chi connectivity index (χ0) is 17.6. The summed E-state index contributed by atoms with van der Waals surface area (Å²) in [6.45, 7) is 5.65. The maximum Gasteiger partial charge on any atom is 0.234 e. The molecule has 0 aliphatic carbocycles. The Hall–Kier alpha value is -1.64. The van der Waals surface area contributed by atoms with Crippen molar-refractivity contribution in [2.24, 2.45) is 0 Å². The first kappa shape index (κ1) is 18.2. The quantitative estimate of drug-likeness (QED) is 0.719. The van der Waals surface area contributed by atoms with E-state index in [0.29, 0.717) is 5.75 Å². The number of rotatable bonds is 7. The summed E-state index contributed by atoms with van der Waals surface area (Å²) in [5, 5.41) is 15.2. The van der Waals surface area contributed by atoms with Crippen LogP contribution in [-0.2, 0) is 9.53 Å². The Labute approximate surface area is 155 Å². The molecular formula is C17H22N4O2S2. The molecule has 0 saturated carbocycles. The zero-order valence-corrected chi connectivity index (χ0v) is 16.0. The second-order valence-corrected chi connectivity index (χ2v) is 8.17. The third kappa shape index (κ3) is 5.17. The summed E-state index contributed by atoms with van der Waals surface area (Å²) in [7, 11) is 0. The topological polar surface area (TPSA) is 76.1 Å². The summed E-state index contributed by atoms with van der Waals surface area (Å²) >= 11 is 2.86. The lowest BCUT2D eigenvalue weighted by molar-refractivity contribution is -0.113. The van der Waals surface area contributed by atoms with Gasteiger partial charge in [-0.15, -0.1) is 10.2 Å². The maximum absolute atomic E-state index is 12.1. The minimum Gasteiger partial charge on any atom is -0.376 e. The molecule has 0 spiro atoms. The Morgan fingerprint density at radius 2 is 2.28 bits per heavy atom. The zero-order valence-electron chi connectivity index (χ0n) is 14.4. The molecule has 1 aromatic carbocycles. The number of aromatic nitrogens is 2. The van der Waals surface area contributed by atoms with Crippen LogP contribution in [0.5, 0.6) is 0 Å². The van der Waals surface area contributed by atoms with Crippen LogP contribution in [0.25, 0.3) is 0 Å². The number of nitrogens with zero attached hydrogens (tertiary/aromatic N) is 2. The molecule has 3 rings (SSSR count). The highest BCUT2D eigenvalue weighted by molar-refractivity contribution is 8.01. The number of aryl methyl sites for hydroxylation is 1. The minimum absolute atomic E-state index is 0.0391. The van der Waals surface area contributed by atoms with E-state index in [1.54, 1.807) is 0 Å². The van der Waals surface area contributed by atoms with Gasteiger partial charge in [0.15, 0.2) is 4.34 Å². The number of hydrogen-bond donors (Lipinski definition) is 2. The molecule has 2 N–H and O–H groups in total. The Morgan fingerprint density at radius 1 is 1.40 bits per heavy atom. The number of anilines is 2. The van der Waals surface area contributed by atoms with Gasteiger partial charge in [-0.25, -0.2) is 0 Å². The van der Waals surface area contributed by atoms with Crippen molar-refractivity contribution in [1.82, 2.24) is 10.2 Å². The van der Waals surface area contributed by atoms with E-state index in [1.807, 2.05) is 32.0 Å². The van der Waals surface area contributed by atoms with Gasteiger partial charge in [-0.05, 0) is 43.9 Å². The van der Waals surface area contributed by atoms with Gasteiger partial charge in [-0.1, -0.05) is 35.2 Å². The van der Waals surface area contributed by atoms with Crippen LogP contribution in [0.15, 0.2) is 22.5 Å². The third-order valence-electron chi connectivity index (χ3n) is 4.12. The van der Waals surface area contributed by atoms with Crippen LogP contribution in [0.1, 0.15) is 24.0 Å². The molecule has 1 fully saturated rings. The third-order valence-corrected chi connectivity index (χ3v) is 6.13. The molecule has 1 saturated heterocycles. The van der Waals surface area contributed by atoms with E-state index in [2.05, 4.69) is 20.8 Å². The van der Waals surface area contributed by atoms with Gasteiger partial charge in [-0.3, -0.25) is 4.79 Å². The van der Waals surface area contributed by atoms with Gasteiger partial charge in [0.05, 0.1) is 11.9 Å². The Morgan fingerprint density at radius 3 is 3.08 bits per heavy atom. The molecule has 1 amide bonds. The number of amides is 1. The standard InChI is InChI=1S/C17H22N4O2S2/c1-11-5-3-7-14(12(11)2)19-15(22)10-24-17-21-20-16(25-17)18-9-13-6-4-8-23-13/h3,5,7,13H,4,6,8-10H2,1-2H3,(H,18,20)(H,19,22). The van der Waals surface area contributed by atoms with Gasteiger partial charge in [0, 0.05) is 18.8 Å². The highest BCUT2D eigenvalue weighted by Gasteiger charge is 2.16. The van der Waals surface area contributed by atoms with E-state index in [1.165, 1.54) is 23.1 Å². The molecule has 1 aliphatic rings. The second-order valence-electron chi connectivity index (χ2n) is 5.97. The first-order valence-electron chi connectivity index (χ1n) is 8.29. The van der Waals surface area contributed by atoms with Crippen molar-refractivity contribution in [3.8, 4) is 0 Å². The maximum atomic E-state index is 12.1. The summed E-state index contributed by atoms with van der Waals surface area (Å²) in [5.41, 5.74) is 3.12. The van der Waals surface area contributed by atoms with E-state index in [-0.39, 0.29) is 12.0 Å². The average molecular weight is 379 g/mol. The van der Waals surface area contributed by atoms with Crippen molar-refractivity contribution in [3.63, 3.8) is 0 Å². The molecule has 25 heavy (non-hydrogen) atoms. The molecule has 8 heteroatoms. The molecule has 0 bridgehead atoms. The number of carbonyl (C=O) groups is 1.